The lowest BCUT2D eigenvalue weighted by molar-refractivity contribution is -0.384. The highest BCUT2D eigenvalue weighted by molar-refractivity contribution is 6.18. The van der Waals surface area contributed by atoms with Crippen LogP contribution in [0.25, 0.3) is 0 Å². The fourth-order valence-corrected chi connectivity index (χ4v) is 1.66. The van der Waals surface area contributed by atoms with E-state index in [1.807, 2.05) is 0 Å². The Morgan fingerprint density at radius 1 is 1.58 bits per heavy atom. The Hall–Kier alpha value is -1.86. The van der Waals surface area contributed by atoms with E-state index in [1.54, 1.807) is 6.92 Å². The number of anilines is 1. The molecule has 104 valence electrons. The molecule has 0 saturated heterocycles. The predicted molar refractivity (Wildman–Crippen MR) is 70.0 cm³/mol. The number of aromatic carboxylic acids is 1. The number of alkyl halides is 1. The van der Waals surface area contributed by atoms with Crippen molar-refractivity contribution in [2.45, 2.75) is 13.0 Å². The highest BCUT2D eigenvalue weighted by Crippen LogP contribution is 2.27. The van der Waals surface area contributed by atoms with Crippen LogP contribution in [0.4, 0.5) is 11.4 Å². The molecule has 0 spiro atoms. The van der Waals surface area contributed by atoms with Gasteiger partial charge in [0.05, 0.1) is 28.2 Å². The van der Waals surface area contributed by atoms with E-state index < -0.39 is 17.0 Å². The molecule has 0 heterocycles. The molecule has 0 fully saturated rings. The fraction of sp³-hybridized carbons (Fsp3) is 0.364. The number of nitro benzene ring substituents is 1. The van der Waals surface area contributed by atoms with Crippen molar-refractivity contribution in [2.75, 3.05) is 17.7 Å². The summed E-state index contributed by atoms with van der Waals surface area (Å²) in [5, 5.41) is 31.8. The van der Waals surface area contributed by atoms with Gasteiger partial charge in [0.1, 0.15) is 0 Å². The molecule has 0 bridgehead atoms. The molecule has 0 amide bonds. The Kier molecular flexibility index (Phi) is 5.08. The molecule has 1 rings (SSSR count). The zero-order valence-corrected chi connectivity index (χ0v) is 10.8. The monoisotopic (exact) mass is 288 g/mol. The molecule has 0 aromatic heterocycles. The number of aliphatic hydroxyl groups excluding tert-OH is 1. The number of nitrogens with one attached hydrogen (secondary N) is 1. The topological polar surface area (TPSA) is 113 Å². The van der Waals surface area contributed by atoms with Gasteiger partial charge in [-0.1, -0.05) is 0 Å². The first-order valence-corrected chi connectivity index (χ1v) is 5.90. The molecule has 1 aromatic carbocycles. The molecule has 8 heteroatoms. The van der Waals surface area contributed by atoms with Crippen molar-refractivity contribution >= 4 is 28.9 Å². The minimum absolute atomic E-state index is 0.00142. The molecular formula is C11H13ClN2O5. The number of rotatable bonds is 6. The minimum atomic E-state index is -1.28. The smallest absolute Gasteiger partial charge is 0.338 e. The average molecular weight is 289 g/mol. The third-order valence-electron chi connectivity index (χ3n) is 2.45. The van der Waals surface area contributed by atoms with Gasteiger partial charge in [0.15, 0.2) is 0 Å². The van der Waals surface area contributed by atoms with Crippen molar-refractivity contribution in [3.8, 4) is 0 Å². The number of aliphatic hydroxyl groups is 1. The number of carbonyl (C=O) groups is 1. The minimum Gasteiger partial charge on any atom is -0.478 e. The highest BCUT2D eigenvalue weighted by atomic mass is 35.5. The van der Waals surface area contributed by atoms with Gasteiger partial charge in [0, 0.05) is 18.7 Å². The Morgan fingerprint density at radius 3 is 2.68 bits per heavy atom. The van der Waals surface area contributed by atoms with Crippen molar-refractivity contribution in [3.05, 3.63) is 33.4 Å². The maximum absolute atomic E-state index is 11.1. The Labute approximate surface area is 114 Å². The zero-order valence-electron chi connectivity index (χ0n) is 10.1. The second-order valence-electron chi connectivity index (χ2n) is 3.94. The summed E-state index contributed by atoms with van der Waals surface area (Å²) in [7, 11) is 0. The van der Waals surface area contributed by atoms with Gasteiger partial charge in [-0.2, -0.15) is 0 Å². The van der Waals surface area contributed by atoms with E-state index in [0.717, 1.165) is 6.07 Å². The first-order valence-electron chi connectivity index (χ1n) is 5.37. The maximum Gasteiger partial charge on any atom is 0.338 e. The van der Waals surface area contributed by atoms with Gasteiger partial charge in [-0.25, -0.2) is 4.79 Å². The molecule has 0 aliphatic rings. The van der Waals surface area contributed by atoms with Crippen LogP contribution in [0.15, 0.2) is 12.1 Å². The first-order chi connectivity index (χ1) is 8.86. The number of nitro groups is 1. The molecule has 0 aliphatic heterocycles. The largest absolute Gasteiger partial charge is 0.478 e. The second kappa shape index (κ2) is 6.35. The normalized spacial score (nSPS) is 11.9. The van der Waals surface area contributed by atoms with Crippen LogP contribution < -0.4 is 5.32 Å². The summed E-state index contributed by atoms with van der Waals surface area (Å²) in [5.74, 6) is -1.28. The number of carboxylic acids is 1. The standard InChI is InChI=1S/C11H13ClN2O5/c1-6-2-7(14(18)19)3-9(11(16)17)10(6)13-5-8(15)4-12/h2-3,8,13,15H,4-5H2,1H3,(H,16,17). The molecular weight excluding hydrogens is 276 g/mol. The molecule has 1 atom stereocenters. The van der Waals surface area contributed by atoms with Crippen LogP contribution in [-0.2, 0) is 0 Å². The number of hydrogen-bond donors (Lipinski definition) is 3. The predicted octanol–water partition coefficient (Wildman–Crippen LogP) is 1.61. The van der Waals surface area contributed by atoms with E-state index in [-0.39, 0.29) is 29.4 Å². The summed E-state index contributed by atoms with van der Waals surface area (Å²) in [6, 6.07) is 2.24. The second-order valence-corrected chi connectivity index (χ2v) is 4.25. The summed E-state index contributed by atoms with van der Waals surface area (Å²) < 4.78 is 0. The van der Waals surface area contributed by atoms with Crippen molar-refractivity contribution in [1.29, 1.82) is 0 Å². The van der Waals surface area contributed by atoms with Gasteiger partial charge in [0.25, 0.3) is 5.69 Å². The van der Waals surface area contributed by atoms with Crippen LogP contribution in [0.1, 0.15) is 15.9 Å². The van der Waals surface area contributed by atoms with Crippen LogP contribution in [0.2, 0.25) is 0 Å². The van der Waals surface area contributed by atoms with Crippen molar-refractivity contribution < 1.29 is 19.9 Å². The number of benzene rings is 1. The zero-order chi connectivity index (χ0) is 14.6. The van der Waals surface area contributed by atoms with Crippen LogP contribution in [0, 0.1) is 17.0 Å². The molecule has 1 aromatic rings. The number of non-ortho nitro benzene ring substituents is 1. The van der Waals surface area contributed by atoms with Crippen LogP contribution in [0.3, 0.4) is 0 Å². The van der Waals surface area contributed by atoms with E-state index in [0.29, 0.717) is 5.56 Å². The highest BCUT2D eigenvalue weighted by Gasteiger charge is 2.19. The first kappa shape index (κ1) is 15.2. The van der Waals surface area contributed by atoms with Gasteiger partial charge in [-0.15, -0.1) is 11.6 Å². The Balaban J connectivity index is 3.15. The maximum atomic E-state index is 11.1. The van der Waals surface area contributed by atoms with Crippen LogP contribution >= 0.6 is 11.6 Å². The van der Waals surface area contributed by atoms with Crippen LogP contribution in [-0.4, -0.2) is 39.6 Å². The number of aryl methyl sites for hydroxylation is 1. The van der Waals surface area contributed by atoms with Crippen molar-refractivity contribution in [1.82, 2.24) is 0 Å². The van der Waals surface area contributed by atoms with E-state index in [1.165, 1.54) is 6.07 Å². The fourth-order valence-electron chi connectivity index (χ4n) is 1.55. The van der Waals surface area contributed by atoms with Gasteiger partial charge in [-0.05, 0) is 12.5 Å². The lowest BCUT2D eigenvalue weighted by Crippen LogP contribution is -2.22. The van der Waals surface area contributed by atoms with Gasteiger partial charge < -0.3 is 15.5 Å². The van der Waals surface area contributed by atoms with Crippen molar-refractivity contribution in [2.24, 2.45) is 0 Å². The van der Waals surface area contributed by atoms with Gasteiger partial charge >= 0.3 is 5.97 Å². The average Bonchev–Trinajstić information content (AvgIpc) is 2.35. The summed E-state index contributed by atoms with van der Waals surface area (Å²) in [4.78, 5) is 21.1. The third kappa shape index (κ3) is 3.80. The molecule has 3 N–H and O–H groups in total. The molecule has 0 radical (unpaired) electrons. The van der Waals surface area contributed by atoms with Gasteiger partial charge in [-0.3, -0.25) is 10.1 Å². The lowest BCUT2D eigenvalue weighted by atomic mass is 10.1. The Bertz CT molecular complexity index is 506. The summed E-state index contributed by atoms with van der Waals surface area (Å²) >= 11 is 5.43. The van der Waals surface area contributed by atoms with Crippen molar-refractivity contribution in [3.63, 3.8) is 0 Å². The molecule has 1 unspecified atom stereocenters. The number of halogens is 1. The van der Waals surface area contributed by atoms with Gasteiger partial charge in [0.2, 0.25) is 0 Å². The van der Waals surface area contributed by atoms with Crippen LogP contribution in [0.5, 0.6) is 0 Å². The molecule has 0 saturated carbocycles. The third-order valence-corrected chi connectivity index (χ3v) is 2.81. The van der Waals surface area contributed by atoms with E-state index in [2.05, 4.69) is 5.32 Å². The molecule has 7 nitrogen and oxygen atoms in total. The molecule has 0 aliphatic carbocycles. The number of hydrogen-bond acceptors (Lipinski definition) is 5. The van der Waals surface area contributed by atoms with E-state index in [9.17, 15) is 20.0 Å². The summed E-state index contributed by atoms with van der Waals surface area (Å²) in [6.45, 7) is 1.61. The lowest BCUT2D eigenvalue weighted by Gasteiger charge is -2.14. The number of carboxylic acid groups (broad SMARTS) is 1. The Morgan fingerprint density at radius 2 is 2.21 bits per heavy atom. The molecule has 19 heavy (non-hydrogen) atoms. The summed E-state index contributed by atoms with van der Waals surface area (Å²) in [5.41, 5.74) is 0.141. The SMILES string of the molecule is Cc1cc([N+](=O)[O-])cc(C(=O)O)c1NCC(O)CCl. The quantitative estimate of drug-likeness (QED) is 0.416. The van der Waals surface area contributed by atoms with E-state index in [4.69, 9.17) is 16.7 Å². The van der Waals surface area contributed by atoms with E-state index >= 15 is 0 Å². The number of nitrogens with zero attached hydrogens (tertiary/aromatic N) is 1. The summed E-state index contributed by atoms with van der Waals surface area (Å²) in [6.07, 6.45) is -0.835.